The first-order chi connectivity index (χ1) is 7.57. The summed E-state index contributed by atoms with van der Waals surface area (Å²) in [5.74, 6) is 0. The molecule has 0 aliphatic rings. The zero-order valence-corrected chi connectivity index (χ0v) is 10.3. The number of nitrogens with zero attached hydrogens (tertiary/aromatic N) is 1. The molecule has 1 heterocycles. The Morgan fingerprint density at radius 3 is 2.00 bits per heavy atom. The second-order valence-electron chi connectivity index (χ2n) is 3.29. The molecule has 0 N–H and O–H groups in total. The quantitative estimate of drug-likeness (QED) is 0.728. The molecule has 17 heavy (non-hydrogen) atoms. The topological polar surface area (TPSA) is 12.9 Å². The van der Waals surface area contributed by atoms with Crippen molar-refractivity contribution >= 4 is 0 Å². The van der Waals surface area contributed by atoms with Crippen LogP contribution in [0.4, 0.5) is 13.2 Å². The number of halogens is 3. The van der Waals surface area contributed by atoms with Crippen LogP contribution >= 0.6 is 0 Å². The Bertz CT molecular complexity index is 465. The third-order valence-corrected chi connectivity index (χ3v) is 2.17. The minimum atomic E-state index is -4.29. The van der Waals surface area contributed by atoms with Crippen LogP contribution in [0, 0.1) is 0 Å². The summed E-state index contributed by atoms with van der Waals surface area (Å²) >= 11 is 0. The van der Waals surface area contributed by atoms with Crippen molar-refractivity contribution in [2.45, 2.75) is 6.18 Å². The molecule has 0 aliphatic carbocycles. The van der Waals surface area contributed by atoms with Crippen LogP contribution in [0.5, 0.6) is 0 Å². The van der Waals surface area contributed by atoms with Crippen molar-refractivity contribution in [1.29, 1.82) is 0 Å². The molecule has 88 valence electrons. The summed E-state index contributed by atoms with van der Waals surface area (Å²) in [6.07, 6.45) is -2.68. The van der Waals surface area contributed by atoms with E-state index in [4.69, 9.17) is 0 Å². The molecule has 0 bridgehead atoms. The van der Waals surface area contributed by atoms with E-state index in [2.05, 4.69) is 4.98 Å². The van der Waals surface area contributed by atoms with Gasteiger partial charge in [0.05, 0.1) is 11.3 Å². The van der Waals surface area contributed by atoms with Crippen LogP contribution in [-0.2, 0) is 25.7 Å². The van der Waals surface area contributed by atoms with Gasteiger partial charge in [-0.15, -0.1) is 0 Å². The summed E-state index contributed by atoms with van der Waals surface area (Å²) in [5, 5.41) is 0. The monoisotopic (exact) mass is 325 g/mol. The Morgan fingerprint density at radius 2 is 1.53 bits per heavy atom. The predicted molar refractivity (Wildman–Crippen MR) is 54.7 cm³/mol. The van der Waals surface area contributed by atoms with Gasteiger partial charge in [-0.1, -0.05) is 18.2 Å². The summed E-state index contributed by atoms with van der Waals surface area (Å²) in [6, 6.07) is 10.3. The summed E-state index contributed by atoms with van der Waals surface area (Å²) in [4.78, 5) is 4.06. The first-order valence-electron chi connectivity index (χ1n) is 4.66. The van der Waals surface area contributed by atoms with Crippen LogP contribution in [0.2, 0.25) is 0 Å². The molecule has 0 saturated heterocycles. The Morgan fingerprint density at radius 1 is 0.882 bits per heavy atom. The Kier molecular flexibility index (Phi) is 4.41. The number of hydrogen-bond acceptors (Lipinski definition) is 1. The summed E-state index contributed by atoms with van der Waals surface area (Å²) in [7, 11) is 0. The van der Waals surface area contributed by atoms with Crippen molar-refractivity contribution in [1.82, 2.24) is 4.98 Å². The minimum absolute atomic E-state index is 0. The Hall–Kier alpha value is -1.22. The first-order valence-corrected chi connectivity index (χ1v) is 4.66. The fraction of sp³-hybridized carbons (Fsp3) is 0.0833. The van der Waals surface area contributed by atoms with Gasteiger partial charge in [0.15, 0.2) is 0 Å². The molecular formula is C12H8F3NRu+2. The molecule has 2 aromatic rings. The number of benzene rings is 1. The Balaban J connectivity index is 0.00000144. The molecule has 0 aliphatic heterocycles. The standard InChI is InChI=1S/C12H8F3N.Ru/c13-12(14,15)10-6-4-9(5-7-10)11-3-1-2-8-16-11;/h1-8H;/q;+2. The van der Waals surface area contributed by atoms with Gasteiger partial charge in [0.1, 0.15) is 0 Å². The summed E-state index contributed by atoms with van der Waals surface area (Å²) in [6.45, 7) is 0. The molecule has 0 saturated carbocycles. The van der Waals surface area contributed by atoms with Crippen LogP contribution in [0.3, 0.4) is 0 Å². The third kappa shape index (κ3) is 3.37. The van der Waals surface area contributed by atoms with Crippen LogP contribution in [0.1, 0.15) is 5.56 Å². The van der Waals surface area contributed by atoms with Gasteiger partial charge in [-0.3, -0.25) is 4.98 Å². The summed E-state index contributed by atoms with van der Waals surface area (Å²) in [5.41, 5.74) is 0.692. The second-order valence-corrected chi connectivity index (χ2v) is 3.29. The molecule has 1 aromatic heterocycles. The average molecular weight is 324 g/mol. The van der Waals surface area contributed by atoms with Gasteiger partial charge < -0.3 is 0 Å². The maximum atomic E-state index is 12.3. The van der Waals surface area contributed by atoms with E-state index >= 15 is 0 Å². The maximum absolute atomic E-state index is 12.3. The van der Waals surface area contributed by atoms with E-state index in [0.717, 1.165) is 12.1 Å². The third-order valence-electron chi connectivity index (χ3n) is 2.17. The molecule has 0 fully saturated rings. The van der Waals surface area contributed by atoms with Gasteiger partial charge in [-0.25, -0.2) is 0 Å². The normalized spacial score (nSPS) is 10.8. The van der Waals surface area contributed by atoms with Crippen molar-refractivity contribution in [2.24, 2.45) is 0 Å². The Labute approximate surface area is 109 Å². The maximum Gasteiger partial charge on any atom is 2.00 e. The molecule has 5 heteroatoms. The van der Waals surface area contributed by atoms with Crippen molar-refractivity contribution in [3.63, 3.8) is 0 Å². The van der Waals surface area contributed by atoms with Gasteiger partial charge in [-0.05, 0) is 24.3 Å². The molecule has 1 nitrogen and oxygen atoms in total. The number of alkyl halides is 3. The van der Waals surface area contributed by atoms with Crippen LogP contribution in [-0.4, -0.2) is 4.98 Å². The molecule has 2 rings (SSSR count). The van der Waals surface area contributed by atoms with E-state index in [9.17, 15) is 13.2 Å². The van der Waals surface area contributed by atoms with Crippen LogP contribution in [0.15, 0.2) is 48.7 Å². The largest absolute Gasteiger partial charge is 2.00 e. The second kappa shape index (κ2) is 5.41. The van der Waals surface area contributed by atoms with E-state index in [1.165, 1.54) is 12.1 Å². The van der Waals surface area contributed by atoms with Crippen molar-refractivity contribution in [2.75, 3.05) is 0 Å². The first kappa shape index (κ1) is 13.8. The smallest absolute Gasteiger partial charge is 0.256 e. The molecule has 0 amide bonds. The number of hydrogen-bond donors (Lipinski definition) is 0. The van der Waals surface area contributed by atoms with Gasteiger partial charge in [-0.2, -0.15) is 13.2 Å². The van der Waals surface area contributed by atoms with E-state index in [0.29, 0.717) is 11.3 Å². The van der Waals surface area contributed by atoms with E-state index in [1.807, 2.05) is 0 Å². The fourth-order valence-electron chi connectivity index (χ4n) is 1.36. The SMILES string of the molecule is FC(F)(F)c1ccc(-c2ccccn2)cc1.[Ru+2]. The van der Waals surface area contributed by atoms with E-state index in [-0.39, 0.29) is 19.5 Å². The molecule has 0 radical (unpaired) electrons. The zero-order valence-electron chi connectivity index (χ0n) is 8.55. The van der Waals surface area contributed by atoms with Crippen molar-refractivity contribution in [3.05, 3.63) is 54.2 Å². The van der Waals surface area contributed by atoms with Crippen molar-refractivity contribution in [3.8, 4) is 11.3 Å². The zero-order chi connectivity index (χ0) is 11.6. The predicted octanol–water partition coefficient (Wildman–Crippen LogP) is 3.76. The van der Waals surface area contributed by atoms with E-state index < -0.39 is 11.7 Å². The van der Waals surface area contributed by atoms with Crippen LogP contribution < -0.4 is 0 Å². The van der Waals surface area contributed by atoms with Crippen LogP contribution in [0.25, 0.3) is 11.3 Å². The van der Waals surface area contributed by atoms with Gasteiger partial charge in [0.2, 0.25) is 0 Å². The number of aromatic nitrogens is 1. The van der Waals surface area contributed by atoms with Gasteiger partial charge in [0, 0.05) is 11.8 Å². The van der Waals surface area contributed by atoms with Gasteiger partial charge in [0.25, 0.3) is 0 Å². The molecule has 0 unspecified atom stereocenters. The van der Waals surface area contributed by atoms with E-state index in [1.54, 1.807) is 24.4 Å². The molecule has 0 spiro atoms. The fourth-order valence-corrected chi connectivity index (χ4v) is 1.36. The minimum Gasteiger partial charge on any atom is -0.256 e. The van der Waals surface area contributed by atoms with Crippen molar-refractivity contribution < 1.29 is 32.6 Å². The van der Waals surface area contributed by atoms with Gasteiger partial charge >= 0.3 is 25.7 Å². The molecular weight excluding hydrogens is 316 g/mol. The number of rotatable bonds is 1. The number of pyridine rings is 1. The molecule has 1 aromatic carbocycles. The summed E-state index contributed by atoms with van der Waals surface area (Å²) < 4.78 is 36.9. The average Bonchev–Trinajstić information content (AvgIpc) is 2.29. The molecule has 0 atom stereocenters.